The van der Waals surface area contributed by atoms with Gasteiger partial charge in [-0.2, -0.15) is 0 Å². The monoisotopic (exact) mass is 441 g/mol. The summed E-state index contributed by atoms with van der Waals surface area (Å²) < 4.78 is 21.9. The van der Waals surface area contributed by atoms with Crippen LogP contribution in [-0.2, 0) is 4.74 Å². The maximum Gasteiger partial charge on any atom is 0.124 e. The van der Waals surface area contributed by atoms with Gasteiger partial charge in [-0.25, -0.2) is 4.39 Å². The molecule has 2 saturated heterocycles. The molecule has 0 aromatic carbocycles. The molecule has 31 heavy (non-hydrogen) atoms. The molecule has 4 rings (SSSR count). The van der Waals surface area contributed by atoms with Crippen molar-refractivity contribution in [2.75, 3.05) is 26.7 Å². The average molecular weight is 442 g/mol. The van der Waals surface area contributed by atoms with Gasteiger partial charge in [0.15, 0.2) is 0 Å². The molecule has 6 nitrogen and oxygen atoms in total. The third-order valence-corrected chi connectivity index (χ3v) is 6.79. The Hall–Kier alpha value is -0.570. The summed E-state index contributed by atoms with van der Waals surface area (Å²) >= 11 is 0. The van der Waals surface area contributed by atoms with Crippen LogP contribution >= 0.6 is 0 Å². The molecule has 0 aromatic rings. The molecular weight excluding hydrogens is 393 g/mol. The van der Waals surface area contributed by atoms with Crippen molar-refractivity contribution >= 4 is 0 Å². The molecule has 1 saturated carbocycles. The number of hydrogen-bond acceptors (Lipinski definition) is 6. The number of nitrogens with one attached hydrogen (secondary N) is 5. The predicted molar refractivity (Wildman–Crippen MR) is 128 cm³/mol. The quantitative estimate of drug-likeness (QED) is 0.432. The third kappa shape index (κ3) is 6.95. The van der Waals surface area contributed by atoms with E-state index in [4.69, 9.17) is 4.74 Å². The highest BCUT2D eigenvalue weighted by molar-refractivity contribution is 5.18. The number of hydrogen-bond donors (Lipinski definition) is 5. The molecular formula is C24H48FN5O. The molecule has 0 amide bonds. The van der Waals surface area contributed by atoms with E-state index >= 15 is 4.39 Å². The van der Waals surface area contributed by atoms with Gasteiger partial charge in [-0.1, -0.05) is 39.3 Å². The Morgan fingerprint density at radius 1 is 1.13 bits per heavy atom. The van der Waals surface area contributed by atoms with E-state index in [9.17, 15) is 0 Å². The number of halogens is 1. The molecule has 7 heteroatoms. The fraction of sp³-hybridized carbons (Fsp3) is 0.917. The van der Waals surface area contributed by atoms with E-state index in [1.807, 2.05) is 34.7 Å². The van der Waals surface area contributed by atoms with Crippen LogP contribution in [0.2, 0.25) is 0 Å². The first kappa shape index (κ1) is 26.7. The molecule has 182 valence electrons. The van der Waals surface area contributed by atoms with E-state index in [0.717, 1.165) is 51.8 Å². The summed E-state index contributed by atoms with van der Waals surface area (Å²) in [7, 11) is 1.97. The zero-order chi connectivity index (χ0) is 22.8. The number of fused-ring (bicyclic) bond motifs is 1. The van der Waals surface area contributed by atoms with E-state index in [1.165, 1.54) is 5.57 Å². The molecule has 0 bridgehead atoms. The van der Waals surface area contributed by atoms with Crippen LogP contribution in [0, 0.1) is 11.8 Å². The minimum atomic E-state index is -0.914. The third-order valence-electron chi connectivity index (χ3n) is 6.79. The van der Waals surface area contributed by atoms with Crippen molar-refractivity contribution in [3.8, 4) is 0 Å². The van der Waals surface area contributed by atoms with Gasteiger partial charge in [0, 0.05) is 31.2 Å². The van der Waals surface area contributed by atoms with Gasteiger partial charge in [-0.3, -0.25) is 16.0 Å². The normalized spacial score (nSPS) is 40.3. The minimum Gasteiger partial charge on any atom is -0.377 e. The summed E-state index contributed by atoms with van der Waals surface area (Å²) in [5.41, 5.74) is 1.27. The van der Waals surface area contributed by atoms with Gasteiger partial charge in [0.05, 0.1) is 12.3 Å². The van der Waals surface area contributed by atoms with Gasteiger partial charge in [-0.15, -0.1) is 0 Å². The van der Waals surface area contributed by atoms with Crippen molar-refractivity contribution in [2.45, 2.75) is 104 Å². The van der Waals surface area contributed by atoms with Crippen LogP contribution in [0.3, 0.4) is 0 Å². The molecule has 8 unspecified atom stereocenters. The van der Waals surface area contributed by atoms with Crippen molar-refractivity contribution in [3.05, 3.63) is 11.6 Å². The lowest BCUT2D eigenvalue weighted by atomic mass is 9.71. The van der Waals surface area contributed by atoms with E-state index in [-0.39, 0.29) is 30.5 Å². The van der Waals surface area contributed by atoms with Crippen LogP contribution < -0.4 is 26.6 Å². The molecule has 3 heterocycles. The van der Waals surface area contributed by atoms with Crippen LogP contribution in [0.25, 0.3) is 0 Å². The van der Waals surface area contributed by atoms with E-state index < -0.39 is 6.17 Å². The molecule has 4 aliphatic rings. The Morgan fingerprint density at radius 2 is 1.90 bits per heavy atom. The highest BCUT2D eigenvalue weighted by Crippen LogP contribution is 2.44. The standard InChI is InChI=1S/C20H36FN5O.2C2H6/c1-12-10-16(22-2)26-20(24-12)25-15-11-14-6-9-27-19(14)17(18(15)21)13-4-3-7-23-8-5-13;2*1-2/h5,12,14-20,22-26H,3-4,6-11H2,1-2H3;2*1-2H3. The topological polar surface area (TPSA) is 69.4 Å². The molecule has 8 atom stereocenters. The van der Waals surface area contributed by atoms with Gasteiger partial charge in [0.1, 0.15) is 12.5 Å². The first-order chi connectivity index (χ1) is 15.2. The van der Waals surface area contributed by atoms with E-state index in [0.29, 0.717) is 12.0 Å². The van der Waals surface area contributed by atoms with Gasteiger partial charge in [0.25, 0.3) is 0 Å². The van der Waals surface area contributed by atoms with Crippen LogP contribution in [0.4, 0.5) is 4.39 Å². The van der Waals surface area contributed by atoms with Gasteiger partial charge in [0.2, 0.25) is 0 Å². The fourth-order valence-corrected chi connectivity index (χ4v) is 5.43. The zero-order valence-corrected chi connectivity index (χ0v) is 20.6. The largest absolute Gasteiger partial charge is 0.377 e. The molecule has 3 fully saturated rings. The minimum absolute atomic E-state index is 0.0543. The average Bonchev–Trinajstić information content (AvgIpc) is 3.09. The smallest absolute Gasteiger partial charge is 0.124 e. The Labute approximate surface area is 189 Å². The first-order valence-electron chi connectivity index (χ1n) is 12.8. The molecule has 3 aliphatic heterocycles. The second kappa shape index (κ2) is 13.9. The maximum atomic E-state index is 15.8. The van der Waals surface area contributed by atoms with E-state index in [1.54, 1.807) is 0 Å². The summed E-state index contributed by atoms with van der Waals surface area (Å²) in [5.74, 6) is 0.350. The lowest BCUT2D eigenvalue weighted by molar-refractivity contribution is -0.0262. The molecule has 5 N–H and O–H groups in total. The summed E-state index contributed by atoms with van der Waals surface area (Å²) in [6, 6.07) is 0.236. The maximum absolute atomic E-state index is 15.8. The van der Waals surface area contributed by atoms with Crippen molar-refractivity contribution in [1.29, 1.82) is 0 Å². The molecule has 0 radical (unpaired) electrons. The second-order valence-corrected chi connectivity index (χ2v) is 8.69. The van der Waals surface area contributed by atoms with Gasteiger partial charge in [-0.05, 0) is 58.5 Å². The Morgan fingerprint density at radius 3 is 2.65 bits per heavy atom. The lowest BCUT2D eigenvalue weighted by Gasteiger charge is -2.45. The molecule has 0 aromatic heterocycles. The van der Waals surface area contributed by atoms with Crippen LogP contribution in [0.1, 0.15) is 66.7 Å². The Bertz CT molecular complexity index is 534. The number of rotatable bonds is 4. The highest BCUT2D eigenvalue weighted by atomic mass is 19.1. The number of alkyl halides is 1. The van der Waals surface area contributed by atoms with Crippen molar-refractivity contribution < 1.29 is 9.13 Å². The van der Waals surface area contributed by atoms with Gasteiger partial charge >= 0.3 is 0 Å². The van der Waals surface area contributed by atoms with E-state index in [2.05, 4.69) is 39.6 Å². The fourth-order valence-electron chi connectivity index (χ4n) is 5.43. The summed E-state index contributed by atoms with van der Waals surface area (Å²) in [6.07, 6.45) is 6.52. The first-order valence-corrected chi connectivity index (χ1v) is 12.8. The Balaban J connectivity index is 0.000000807. The van der Waals surface area contributed by atoms with Crippen LogP contribution in [0.5, 0.6) is 0 Å². The predicted octanol–water partition coefficient (Wildman–Crippen LogP) is 2.87. The summed E-state index contributed by atoms with van der Waals surface area (Å²) in [6.45, 7) is 12.8. The zero-order valence-electron chi connectivity index (χ0n) is 20.6. The van der Waals surface area contributed by atoms with Crippen molar-refractivity contribution in [1.82, 2.24) is 26.6 Å². The lowest BCUT2D eigenvalue weighted by Crippen LogP contribution is -2.69. The Kier molecular flexibility index (Phi) is 11.9. The van der Waals surface area contributed by atoms with Crippen molar-refractivity contribution in [2.24, 2.45) is 11.8 Å². The summed E-state index contributed by atoms with van der Waals surface area (Å²) in [5, 5.41) is 17.3. The SMILES string of the molecule is CC.CC.CNC1CC(C)NC(NC2CC3CCOC3C(C3=CCNCCC3)C2F)N1. The second-order valence-electron chi connectivity index (χ2n) is 8.69. The summed E-state index contributed by atoms with van der Waals surface area (Å²) in [4.78, 5) is 0. The van der Waals surface area contributed by atoms with Crippen LogP contribution in [-0.4, -0.2) is 63.6 Å². The molecule has 1 aliphatic carbocycles. The number of ether oxygens (including phenoxy) is 1. The van der Waals surface area contributed by atoms with Gasteiger partial charge < -0.3 is 15.4 Å². The molecule has 0 spiro atoms. The van der Waals surface area contributed by atoms with Crippen molar-refractivity contribution in [3.63, 3.8) is 0 Å². The highest BCUT2D eigenvalue weighted by Gasteiger charge is 2.49. The van der Waals surface area contributed by atoms with Crippen LogP contribution in [0.15, 0.2) is 11.6 Å².